The topological polar surface area (TPSA) is 80.9 Å². The lowest BCUT2D eigenvalue weighted by Crippen LogP contribution is -2.12. The van der Waals surface area contributed by atoms with E-state index < -0.39 is 5.91 Å². The maximum atomic E-state index is 12.4. The Kier molecular flexibility index (Phi) is 4.38. The quantitative estimate of drug-likeness (QED) is 0.597. The second-order valence-corrected chi connectivity index (χ2v) is 5.82. The first kappa shape index (κ1) is 16.0. The summed E-state index contributed by atoms with van der Waals surface area (Å²) in [7, 11) is 0. The average molecular weight is 344 g/mol. The van der Waals surface area contributed by atoms with Crippen LogP contribution in [0.1, 0.15) is 22.1 Å². The van der Waals surface area contributed by atoms with Gasteiger partial charge in [0, 0.05) is 18.0 Å². The number of para-hydroxylation sites is 1. The summed E-state index contributed by atoms with van der Waals surface area (Å²) in [5.41, 5.74) is 2.50. The van der Waals surface area contributed by atoms with Crippen molar-refractivity contribution in [1.29, 1.82) is 0 Å². The van der Waals surface area contributed by atoms with Gasteiger partial charge in [-0.2, -0.15) is 0 Å². The van der Waals surface area contributed by atoms with Gasteiger partial charge in [0.2, 0.25) is 5.89 Å². The van der Waals surface area contributed by atoms with E-state index in [1.54, 1.807) is 12.3 Å². The number of aromatic nitrogens is 3. The monoisotopic (exact) mass is 344 g/mol. The summed E-state index contributed by atoms with van der Waals surface area (Å²) in [5.74, 6) is -0.0577. The Labute approximate surface area is 149 Å². The molecule has 2 aromatic heterocycles. The molecular weight excluding hydrogens is 328 g/mol. The molecule has 1 amide bonds. The molecular formula is C20H16N4O2. The van der Waals surface area contributed by atoms with Crippen LogP contribution < -0.4 is 5.32 Å². The number of carbonyl (C=O) groups is 1. The zero-order chi connectivity index (χ0) is 17.8. The molecule has 0 aliphatic heterocycles. The number of aryl methyl sites for hydroxylation is 2. The molecule has 1 N–H and O–H groups in total. The Bertz CT molecular complexity index is 1040. The van der Waals surface area contributed by atoms with Crippen molar-refractivity contribution in [2.45, 2.75) is 12.8 Å². The van der Waals surface area contributed by atoms with Crippen LogP contribution in [-0.4, -0.2) is 21.1 Å². The van der Waals surface area contributed by atoms with Gasteiger partial charge in [-0.3, -0.25) is 9.78 Å². The number of amides is 1. The van der Waals surface area contributed by atoms with Crippen LogP contribution in [0.15, 0.2) is 71.3 Å². The fourth-order valence-corrected chi connectivity index (χ4v) is 2.72. The van der Waals surface area contributed by atoms with Crippen molar-refractivity contribution in [3.63, 3.8) is 0 Å². The van der Waals surface area contributed by atoms with Crippen molar-refractivity contribution < 1.29 is 9.21 Å². The van der Waals surface area contributed by atoms with Crippen LogP contribution in [0.2, 0.25) is 0 Å². The van der Waals surface area contributed by atoms with Crippen LogP contribution >= 0.6 is 0 Å². The van der Waals surface area contributed by atoms with E-state index in [4.69, 9.17) is 4.42 Å². The third kappa shape index (κ3) is 3.44. The number of hydrogen-bond donors (Lipinski definition) is 1. The summed E-state index contributed by atoms with van der Waals surface area (Å²) in [6.45, 7) is 0. The van der Waals surface area contributed by atoms with E-state index >= 15 is 0 Å². The SMILES string of the molecule is O=C(Nc1cccc2cccnc12)c1nnc(CCc2ccccc2)o1. The molecule has 0 fully saturated rings. The van der Waals surface area contributed by atoms with E-state index in [-0.39, 0.29) is 5.89 Å². The highest BCUT2D eigenvalue weighted by Gasteiger charge is 2.16. The smallest absolute Gasteiger partial charge is 0.313 e. The Hall–Kier alpha value is -3.54. The van der Waals surface area contributed by atoms with E-state index in [0.717, 1.165) is 11.8 Å². The number of hydrogen-bond acceptors (Lipinski definition) is 5. The van der Waals surface area contributed by atoms with Crippen molar-refractivity contribution in [2.24, 2.45) is 0 Å². The van der Waals surface area contributed by atoms with Crippen LogP contribution in [-0.2, 0) is 12.8 Å². The molecule has 0 radical (unpaired) electrons. The average Bonchev–Trinajstić information content (AvgIpc) is 3.17. The molecule has 4 rings (SSSR count). The fourth-order valence-electron chi connectivity index (χ4n) is 2.72. The lowest BCUT2D eigenvalue weighted by atomic mass is 10.1. The van der Waals surface area contributed by atoms with Crippen LogP contribution in [0.4, 0.5) is 5.69 Å². The first-order valence-electron chi connectivity index (χ1n) is 8.31. The Morgan fingerprint density at radius 1 is 0.923 bits per heavy atom. The van der Waals surface area contributed by atoms with E-state index in [1.807, 2.05) is 54.6 Å². The second kappa shape index (κ2) is 7.14. The number of pyridine rings is 1. The van der Waals surface area contributed by atoms with Gasteiger partial charge in [0.05, 0.1) is 11.2 Å². The maximum absolute atomic E-state index is 12.4. The predicted octanol–water partition coefficient (Wildman–Crippen LogP) is 3.66. The molecule has 0 bridgehead atoms. The summed E-state index contributed by atoms with van der Waals surface area (Å²) >= 11 is 0. The summed E-state index contributed by atoms with van der Waals surface area (Å²) in [6.07, 6.45) is 3.05. The second-order valence-electron chi connectivity index (χ2n) is 5.82. The summed E-state index contributed by atoms with van der Waals surface area (Å²) < 4.78 is 5.50. The molecule has 4 aromatic rings. The first-order chi connectivity index (χ1) is 12.8. The molecule has 0 unspecified atom stereocenters. The number of anilines is 1. The Morgan fingerprint density at radius 2 is 1.77 bits per heavy atom. The molecule has 2 aromatic carbocycles. The van der Waals surface area contributed by atoms with Gasteiger partial charge < -0.3 is 9.73 Å². The number of nitrogens with zero attached hydrogens (tertiary/aromatic N) is 3. The van der Waals surface area contributed by atoms with Gasteiger partial charge in [-0.25, -0.2) is 0 Å². The van der Waals surface area contributed by atoms with Gasteiger partial charge in [0.25, 0.3) is 0 Å². The van der Waals surface area contributed by atoms with E-state index in [9.17, 15) is 4.79 Å². The molecule has 2 heterocycles. The number of fused-ring (bicyclic) bond motifs is 1. The van der Waals surface area contributed by atoms with Gasteiger partial charge >= 0.3 is 11.8 Å². The van der Waals surface area contributed by atoms with Crippen LogP contribution in [0.5, 0.6) is 0 Å². The highest BCUT2D eigenvalue weighted by atomic mass is 16.4. The minimum atomic E-state index is -0.443. The lowest BCUT2D eigenvalue weighted by Gasteiger charge is -2.05. The minimum Gasteiger partial charge on any atom is -0.417 e. The minimum absolute atomic E-state index is 0.0546. The molecule has 0 spiro atoms. The van der Waals surface area contributed by atoms with Gasteiger partial charge in [0.1, 0.15) is 0 Å². The summed E-state index contributed by atoms with van der Waals surface area (Å²) in [5, 5.41) is 11.6. The van der Waals surface area contributed by atoms with Crippen molar-refractivity contribution in [1.82, 2.24) is 15.2 Å². The molecule has 0 aliphatic rings. The van der Waals surface area contributed by atoms with Crippen molar-refractivity contribution in [3.05, 3.63) is 84.2 Å². The standard InChI is InChI=1S/C20H16N4O2/c25-19(22-16-10-4-8-15-9-5-13-21-18(15)16)20-24-23-17(26-20)12-11-14-6-2-1-3-7-14/h1-10,13H,11-12H2,(H,22,25). The number of carbonyl (C=O) groups excluding carboxylic acids is 1. The van der Waals surface area contributed by atoms with Gasteiger partial charge in [-0.15, -0.1) is 10.2 Å². The molecule has 6 heteroatoms. The largest absolute Gasteiger partial charge is 0.417 e. The number of benzene rings is 2. The molecule has 0 saturated heterocycles. The third-order valence-electron chi connectivity index (χ3n) is 4.01. The van der Waals surface area contributed by atoms with E-state index in [2.05, 4.69) is 20.5 Å². The zero-order valence-electron chi connectivity index (χ0n) is 13.9. The summed E-state index contributed by atoms with van der Waals surface area (Å²) in [4.78, 5) is 16.7. The first-order valence-corrected chi connectivity index (χ1v) is 8.31. The maximum Gasteiger partial charge on any atom is 0.313 e. The molecule has 6 nitrogen and oxygen atoms in total. The highest BCUT2D eigenvalue weighted by molar-refractivity contribution is 6.05. The van der Waals surface area contributed by atoms with E-state index in [1.165, 1.54) is 5.56 Å². The van der Waals surface area contributed by atoms with E-state index in [0.29, 0.717) is 23.5 Å². The third-order valence-corrected chi connectivity index (χ3v) is 4.01. The van der Waals surface area contributed by atoms with Crippen molar-refractivity contribution in [2.75, 3.05) is 5.32 Å². The number of nitrogens with one attached hydrogen (secondary N) is 1. The van der Waals surface area contributed by atoms with Crippen molar-refractivity contribution >= 4 is 22.5 Å². The normalized spacial score (nSPS) is 10.8. The van der Waals surface area contributed by atoms with Crippen LogP contribution in [0, 0.1) is 0 Å². The highest BCUT2D eigenvalue weighted by Crippen LogP contribution is 2.21. The van der Waals surface area contributed by atoms with Crippen molar-refractivity contribution in [3.8, 4) is 0 Å². The van der Waals surface area contributed by atoms with Crippen LogP contribution in [0.25, 0.3) is 10.9 Å². The van der Waals surface area contributed by atoms with Crippen LogP contribution in [0.3, 0.4) is 0 Å². The predicted molar refractivity (Wildman–Crippen MR) is 97.8 cm³/mol. The molecule has 0 atom stereocenters. The molecule has 128 valence electrons. The molecule has 0 aliphatic carbocycles. The molecule has 26 heavy (non-hydrogen) atoms. The lowest BCUT2D eigenvalue weighted by molar-refractivity contribution is 0.0988. The Morgan fingerprint density at radius 3 is 2.65 bits per heavy atom. The Balaban J connectivity index is 1.46. The number of rotatable bonds is 5. The summed E-state index contributed by atoms with van der Waals surface area (Å²) in [6, 6.07) is 19.4. The van der Waals surface area contributed by atoms with Gasteiger partial charge in [-0.1, -0.05) is 48.5 Å². The molecule has 0 saturated carbocycles. The van der Waals surface area contributed by atoms with Gasteiger partial charge in [0.15, 0.2) is 0 Å². The van der Waals surface area contributed by atoms with Gasteiger partial charge in [-0.05, 0) is 24.1 Å². The zero-order valence-corrected chi connectivity index (χ0v) is 13.9. The fraction of sp³-hybridized carbons (Fsp3) is 0.100.